The van der Waals surface area contributed by atoms with Crippen molar-refractivity contribution in [3.05, 3.63) is 71.1 Å². The summed E-state index contributed by atoms with van der Waals surface area (Å²) in [7, 11) is 1.59. The Morgan fingerprint density at radius 2 is 1.71 bits per heavy atom. The molecule has 2 heterocycles. The molecule has 0 bridgehead atoms. The van der Waals surface area contributed by atoms with Crippen LogP contribution in [0.5, 0.6) is 5.75 Å². The van der Waals surface area contributed by atoms with Crippen molar-refractivity contribution in [2.45, 2.75) is 6.18 Å². The molecule has 0 fully saturated rings. The molecule has 4 rings (SSSR count). The molecule has 2 aromatic heterocycles. The number of carbonyl (C=O) groups excluding carboxylic acids is 1. The first kappa shape index (κ1) is 20.7. The number of hydrogen-bond acceptors (Lipinski definition) is 5. The molecule has 9 heteroatoms. The number of rotatable bonds is 4. The molecule has 0 saturated carbocycles. The number of nitrogens with zero attached hydrogens (tertiary/aromatic N) is 1. The van der Waals surface area contributed by atoms with Crippen molar-refractivity contribution in [3.8, 4) is 17.0 Å². The number of aromatic nitrogens is 1. The predicted molar refractivity (Wildman–Crippen MR) is 115 cm³/mol. The molecule has 31 heavy (non-hydrogen) atoms. The molecule has 0 saturated heterocycles. The number of anilines is 2. The topological polar surface area (TPSA) is 77.2 Å². The Morgan fingerprint density at radius 1 is 1.03 bits per heavy atom. The zero-order chi connectivity index (χ0) is 22.2. The number of carbonyl (C=O) groups is 1. The molecule has 0 radical (unpaired) electrons. The van der Waals surface area contributed by atoms with Gasteiger partial charge >= 0.3 is 6.18 Å². The Kier molecular flexibility index (Phi) is 5.28. The quantitative estimate of drug-likeness (QED) is 0.416. The summed E-state index contributed by atoms with van der Waals surface area (Å²) in [5.74, 6) is 0.221. The summed E-state index contributed by atoms with van der Waals surface area (Å²) < 4.78 is 43.2. The number of methoxy groups -OCH3 is 1. The van der Waals surface area contributed by atoms with Crippen LogP contribution in [0.2, 0.25) is 0 Å². The van der Waals surface area contributed by atoms with E-state index in [1.807, 2.05) is 30.3 Å². The first-order valence-corrected chi connectivity index (χ1v) is 9.90. The van der Waals surface area contributed by atoms with Gasteiger partial charge in [-0.05, 0) is 60.7 Å². The van der Waals surface area contributed by atoms with Crippen molar-refractivity contribution in [2.75, 3.05) is 18.2 Å². The summed E-state index contributed by atoms with van der Waals surface area (Å²) in [5.41, 5.74) is 7.46. The monoisotopic (exact) mass is 443 g/mol. The smallest absolute Gasteiger partial charge is 0.416 e. The third kappa shape index (κ3) is 4.17. The van der Waals surface area contributed by atoms with Crippen molar-refractivity contribution < 1.29 is 22.7 Å². The Balaban J connectivity index is 1.60. The van der Waals surface area contributed by atoms with E-state index < -0.39 is 17.6 Å². The summed E-state index contributed by atoms with van der Waals surface area (Å²) in [6.07, 6.45) is -4.44. The minimum absolute atomic E-state index is 0.238. The van der Waals surface area contributed by atoms with Crippen LogP contribution in [0.1, 0.15) is 15.2 Å². The average molecular weight is 443 g/mol. The molecule has 3 N–H and O–H groups in total. The number of nitrogen functional groups attached to an aromatic ring is 1. The third-order valence-corrected chi connectivity index (χ3v) is 5.77. The lowest BCUT2D eigenvalue weighted by atomic mass is 10.1. The highest BCUT2D eigenvalue weighted by atomic mass is 32.1. The summed E-state index contributed by atoms with van der Waals surface area (Å²) in [6.45, 7) is 0. The van der Waals surface area contributed by atoms with Gasteiger partial charge in [-0.3, -0.25) is 4.79 Å². The van der Waals surface area contributed by atoms with E-state index in [0.717, 1.165) is 34.8 Å². The van der Waals surface area contributed by atoms with Gasteiger partial charge < -0.3 is 15.8 Å². The lowest BCUT2D eigenvalue weighted by Gasteiger charge is -2.08. The van der Waals surface area contributed by atoms with Crippen LogP contribution in [-0.2, 0) is 6.18 Å². The van der Waals surface area contributed by atoms with Gasteiger partial charge in [-0.2, -0.15) is 13.2 Å². The van der Waals surface area contributed by atoms with Crippen LogP contribution in [0.4, 0.5) is 24.5 Å². The lowest BCUT2D eigenvalue weighted by molar-refractivity contribution is -0.137. The SMILES string of the molecule is COc1ccc(-c2ccc3c(N)c(C(=O)Nc4ccc(C(F)(F)F)cc4)sc3n2)cc1. The van der Waals surface area contributed by atoms with Gasteiger partial charge in [0.15, 0.2) is 0 Å². The zero-order valence-electron chi connectivity index (χ0n) is 16.2. The van der Waals surface area contributed by atoms with Crippen molar-refractivity contribution in [1.82, 2.24) is 4.98 Å². The van der Waals surface area contributed by atoms with Crippen molar-refractivity contribution in [2.24, 2.45) is 0 Å². The molecular weight excluding hydrogens is 427 g/mol. The van der Waals surface area contributed by atoms with E-state index >= 15 is 0 Å². The van der Waals surface area contributed by atoms with Gasteiger partial charge in [0.05, 0.1) is 24.1 Å². The third-order valence-electron chi connectivity index (χ3n) is 4.66. The Hall–Kier alpha value is -3.59. The average Bonchev–Trinajstić information content (AvgIpc) is 3.09. The van der Waals surface area contributed by atoms with Gasteiger partial charge in [-0.1, -0.05) is 0 Å². The van der Waals surface area contributed by atoms with Crippen LogP contribution in [0.3, 0.4) is 0 Å². The van der Waals surface area contributed by atoms with Gasteiger partial charge in [0, 0.05) is 16.6 Å². The van der Waals surface area contributed by atoms with Crippen molar-refractivity contribution in [1.29, 1.82) is 0 Å². The number of nitrogens with one attached hydrogen (secondary N) is 1. The minimum atomic E-state index is -4.44. The lowest BCUT2D eigenvalue weighted by Crippen LogP contribution is -2.12. The second kappa shape index (κ2) is 7.92. The molecule has 1 amide bonds. The second-order valence-electron chi connectivity index (χ2n) is 6.65. The van der Waals surface area contributed by atoms with E-state index in [9.17, 15) is 18.0 Å². The first-order chi connectivity index (χ1) is 14.8. The summed E-state index contributed by atoms with van der Waals surface area (Å²) in [6, 6.07) is 15.2. The number of amides is 1. The van der Waals surface area contributed by atoms with Crippen LogP contribution in [-0.4, -0.2) is 18.0 Å². The summed E-state index contributed by atoms with van der Waals surface area (Å²) in [5, 5.41) is 3.22. The predicted octanol–water partition coefficient (Wildman–Crippen LogP) is 5.83. The number of nitrogens with two attached hydrogens (primary N) is 1. The number of halogens is 3. The number of pyridine rings is 1. The van der Waals surface area contributed by atoms with E-state index in [1.54, 1.807) is 13.2 Å². The molecule has 0 aliphatic heterocycles. The fraction of sp³-hybridized carbons (Fsp3) is 0.0909. The van der Waals surface area contributed by atoms with E-state index in [1.165, 1.54) is 12.1 Å². The van der Waals surface area contributed by atoms with Crippen LogP contribution in [0, 0.1) is 0 Å². The zero-order valence-corrected chi connectivity index (χ0v) is 17.0. The minimum Gasteiger partial charge on any atom is -0.497 e. The molecule has 0 aliphatic rings. The Bertz CT molecular complexity index is 1250. The van der Waals surface area contributed by atoms with Crippen LogP contribution < -0.4 is 15.8 Å². The highest BCUT2D eigenvalue weighted by molar-refractivity contribution is 7.21. The Morgan fingerprint density at radius 3 is 2.32 bits per heavy atom. The van der Waals surface area contributed by atoms with Crippen LogP contribution in [0.15, 0.2) is 60.7 Å². The maximum absolute atomic E-state index is 12.7. The van der Waals surface area contributed by atoms with E-state index in [2.05, 4.69) is 10.3 Å². The molecule has 2 aromatic carbocycles. The maximum atomic E-state index is 12.7. The number of hydrogen-bond donors (Lipinski definition) is 2. The van der Waals surface area contributed by atoms with Crippen LogP contribution >= 0.6 is 11.3 Å². The van der Waals surface area contributed by atoms with E-state index in [4.69, 9.17) is 10.5 Å². The van der Waals surface area contributed by atoms with Crippen LogP contribution in [0.25, 0.3) is 21.5 Å². The largest absolute Gasteiger partial charge is 0.497 e. The van der Waals surface area contributed by atoms with Crippen molar-refractivity contribution >= 4 is 38.8 Å². The number of benzene rings is 2. The highest BCUT2D eigenvalue weighted by Gasteiger charge is 2.30. The van der Waals surface area contributed by atoms with E-state index in [-0.39, 0.29) is 16.3 Å². The van der Waals surface area contributed by atoms with Crippen molar-refractivity contribution in [3.63, 3.8) is 0 Å². The summed E-state index contributed by atoms with van der Waals surface area (Å²) >= 11 is 1.12. The number of fused-ring (bicyclic) bond motifs is 1. The van der Waals surface area contributed by atoms with E-state index in [0.29, 0.717) is 15.9 Å². The molecule has 0 aliphatic carbocycles. The number of alkyl halides is 3. The Labute approximate surface area is 179 Å². The molecule has 0 spiro atoms. The van der Waals surface area contributed by atoms with Gasteiger partial charge in [0.25, 0.3) is 5.91 Å². The molecule has 0 atom stereocenters. The maximum Gasteiger partial charge on any atom is 0.416 e. The fourth-order valence-corrected chi connectivity index (χ4v) is 4.01. The van der Waals surface area contributed by atoms with Gasteiger partial charge in [-0.25, -0.2) is 4.98 Å². The van der Waals surface area contributed by atoms with Gasteiger partial charge in [-0.15, -0.1) is 11.3 Å². The molecule has 4 aromatic rings. The first-order valence-electron chi connectivity index (χ1n) is 9.08. The second-order valence-corrected chi connectivity index (χ2v) is 7.65. The standard InChI is InChI=1S/C22H16F3N3O2S/c1-30-15-8-2-12(3-9-15)17-11-10-16-18(26)19(31-21(16)28-17)20(29)27-14-6-4-13(5-7-14)22(23,24)25/h2-11H,26H2,1H3,(H,27,29). The van der Waals surface area contributed by atoms with Gasteiger partial charge in [0.2, 0.25) is 0 Å². The molecule has 5 nitrogen and oxygen atoms in total. The normalized spacial score (nSPS) is 11.5. The molecular formula is C22H16F3N3O2S. The van der Waals surface area contributed by atoms with Gasteiger partial charge in [0.1, 0.15) is 15.5 Å². The number of thiophene rings is 1. The molecule has 158 valence electrons. The molecule has 0 unspecified atom stereocenters. The fourth-order valence-electron chi connectivity index (χ4n) is 3.02. The summed E-state index contributed by atoms with van der Waals surface area (Å²) in [4.78, 5) is 18.1. The number of ether oxygens (including phenoxy) is 1. The highest BCUT2D eigenvalue weighted by Crippen LogP contribution is 2.35.